The molecule has 0 saturated carbocycles. The number of pyridine rings is 1. The molecule has 0 fully saturated rings. The van der Waals surface area contributed by atoms with E-state index in [1.807, 2.05) is 20.2 Å². The Hall–Kier alpha value is -0.890. The third-order valence-corrected chi connectivity index (χ3v) is 2.72. The lowest BCUT2D eigenvalue weighted by Crippen LogP contribution is -2.17. The Labute approximate surface area is 93.1 Å². The zero-order valence-corrected chi connectivity index (χ0v) is 10.2. The summed E-state index contributed by atoms with van der Waals surface area (Å²) in [6, 6.07) is 4.69. The van der Waals surface area contributed by atoms with E-state index in [-0.39, 0.29) is 0 Å². The molecule has 0 aliphatic rings. The van der Waals surface area contributed by atoms with Crippen LogP contribution in [0.3, 0.4) is 0 Å². The fourth-order valence-electron chi connectivity index (χ4n) is 1.66. The molecular formula is C13H22N2. The predicted molar refractivity (Wildman–Crippen MR) is 64.8 cm³/mol. The summed E-state index contributed by atoms with van der Waals surface area (Å²) >= 11 is 0. The van der Waals surface area contributed by atoms with E-state index in [0.717, 1.165) is 11.6 Å². The Balaban J connectivity index is 2.61. The van der Waals surface area contributed by atoms with Crippen molar-refractivity contribution in [2.24, 2.45) is 5.92 Å². The van der Waals surface area contributed by atoms with Crippen LogP contribution < -0.4 is 5.32 Å². The highest BCUT2D eigenvalue weighted by Gasteiger charge is 2.09. The van der Waals surface area contributed by atoms with Crippen LogP contribution in [0.1, 0.15) is 44.0 Å². The summed E-state index contributed by atoms with van der Waals surface area (Å²) in [7, 11) is 2.02. The molecule has 0 aromatic carbocycles. The number of nitrogens with zero attached hydrogens (tertiary/aromatic N) is 1. The summed E-state index contributed by atoms with van der Waals surface area (Å²) in [4.78, 5) is 4.34. The Morgan fingerprint density at radius 3 is 2.47 bits per heavy atom. The lowest BCUT2D eigenvalue weighted by Gasteiger charge is -2.17. The van der Waals surface area contributed by atoms with Crippen LogP contribution in [-0.4, -0.2) is 12.0 Å². The average Bonchev–Trinajstić information content (AvgIpc) is 2.21. The number of hydrogen-bond acceptors (Lipinski definition) is 2. The molecular weight excluding hydrogens is 184 g/mol. The molecule has 1 N–H and O–H groups in total. The minimum Gasteiger partial charge on any atom is -0.313 e. The summed E-state index contributed by atoms with van der Waals surface area (Å²) in [5.41, 5.74) is 2.38. The van der Waals surface area contributed by atoms with Gasteiger partial charge in [-0.2, -0.15) is 0 Å². The lowest BCUT2D eigenvalue weighted by molar-refractivity contribution is 0.464. The minimum absolute atomic E-state index is 0.445. The first kappa shape index (κ1) is 12.2. The third kappa shape index (κ3) is 4.00. The number of aromatic nitrogens is 1. The van der Waals surface area contributed by atoms with Gasteiger partial charge < -0.3 is 5.32 Å². The highest BCUT2D eigenvalue weighted by Crippen LogP contribution is 2.19. The van der Waals surface area contributed by atoms with E-state index in [2.05, 4.69) is 36.3 Å². The Kier molecular flexibility index (Phi) is 4.76. The number of rotatable bonds is 5. The molecule has 0 aliphatic carbocycles. The highest BCUT2D eigenvalue weighted by molar-refractivity contribution is 5.17. The molecule has 0 spiro atoms. The highest BCUT2D eigenvalue weighted by atomic mass is 14.9. The van der Waals surface area contributed by atoms with Gasteiger partial charge in [-0.3, -0.25) is 4.98 Å². The molecule has 0 aliphatic heterocycles. The second kappa shape index (κ2) is 5.86. The smallest absolute Gasteiger partial charge is 0.0372 e. The van der Waals surface area contributed by atoms with E-state index in [0.29, 0.717) is 6.04 Å². The summed E-state index contributed by atoms with van der Waals surface area (Å²) in [5.74, 6) is 0.763. The quantitative estimate of drug-likeness (QED) is 0.800. The van der Waals surface area contributed by atoms with Gasteiger partial charge in [0.05, 0.1) is 0 Å². The van der Waals surface area contributed by atoms with E-state index >= 15 is 0 Å². The molecule has 0 bridgehead atoms. The maximum atomic E-state index is 4.34. The fourth-order valence-corrected chi connectivity index (χ4v) is 1.66. The topological polar surface area (TPSA) is 24.9 Å². The SMILES string of the molecule is CNC(CCC(C)C)c1ccc(C)nc1. The van der Waals surface area contributed by atoms with Crippen molar-refractivity contribution in [2.75, 3.05) is 7.05 Å². The van der Waals surface area contributed by atoms with Gasteiger partial charge in [-0.1, -0.05) is 19.9 Å². The van der Waals surface area contributed by atoms with Crippen molar-refractivity contribution in [3.05, 3.63) is 29.6 Å². The van der Waals surface area contributed by atoms with Crippen molar-refractivity contribution in [3.8, 4) is 0 Å². The number of aryl methyl sites for hydroxylation is 1. The summed E-state index contributed by atoms with van der Waals surface area (Å²) in [5, 5.41) is 3.35. The van der Waals surface area contributed by atoms with Gasteiger partial charge in [0.1, 0.15) is 0 Å². The standard InChI is InChI=1S/C13H22N2/c1-10(2)5-8-13(14-4)12-7-6-11(3)15-9-12/h6-7,9-10,13-14H,5,8H2,1-4H3. The van der Waals surface area contributed by atoms with Crippen LogP contribution >= 0.6 is 0 Å². The van der Waals surface area contributed by atoms with Crippen LogP contribution in [0.5, 0.6) is 0 Å². The van der Waals surface area contributed by atoms with Gasteiger partial charge >= 0.3 is 0 Å². The van der Waals surface area contributed by atoms with Crippen molar-refractivity contribution in [1.29, 1.82) is 0 Å². The second-order valence-corrected chi connectivity index (χ2v) is 4.55. The van der Waals surface area contributed by atoms with Crippen molar-refractivity contribution in [1.82, 2.24) is 10.3 Å². The van der Waals surface area contributed by atoms with Gasteiger partial charge in [0, 0.05) is 17.9 Å². The third-order valence-electron chi connectivity index (χ3n) is 2.72. The molecule has 1 rings (SSSR count). The van der Waals surface area contributed by atoms with Gasteiger partial charge in [-0.05, 0) is 44.4 Å². The Bertz CT molecular complexity index is 277. The van der Waals surface area contributed by atoms with E-state index in [1.54, 1.807) is 0 Å². The van der Waals surface area contributed by atoms with Gasteiger partial charge in [-0.25, -0.2) is 0 Å². The number of hydrogen-bond donors (Lipinski definition) is 1. The van der Waals surface area contributed by atoms with Gasteiger partial charge in [0.25, 0.3) is 0 Å². The largest absolute Gasteiger partial charge is 0.313 e. The van der Waals surface area contributed by atoms with E-state index in [9.17, 15) is 0 Å². The molecule has 2 nitrogen and oxygen atoms in total. The minimum atomic E-state index is 0.445. The lowest BCUT2D eigenvalue weighted by atomic mass is 9.99. The van der Waals surface area contributed by atoms with Crippen LogP contribution in [0, 0.1) is 12.8 Å². The van der Waals surface area contributed by atoms with Crippen molar-refractivity contribution in [2.45, 2.75) is 39.7 Å². The average molecular weight is 206 g/mol. The molecule has 1 unspecified atom stereocenters. The number of nitrogens with one attached hydrogen (secondary N) is 1. The van der Waals surface area contributed by atoms with Crippen molar-refractivity contribution < 1.29 is 0 Å². The molecule has 0 amide bonds. The zero-order valence-electron chi connectivity index (χ0n) is 10.2. The fraction of sp³-hybridized carbons (Fsp3) is 0.615. The van der Waals surface area contributed by atoms with Crippen LogP contribution in [0.15, 0.2) is 18.3 Å². The molecule has 2 heteroatoms. The second-order valence-electron chi connectivity index (χ2n) is 4.55. The molecule has 1 heterocycles. The Morgan fingerprint density at radius 2 is 2.00 bits per heavy atom. The predicted octanol–water partition coefficient (Wildman–Crippen LogP) is 3.09. The monoisotopic (exact) mass is 206 g/mol. The molecule has 84 valence electrons. The van der Waals surface area contributed by atoms with Crippen molar-refractivity contribution >= 4 is 0 Å². The van der Waals surface area contributed by atoms with Gasteiger partial charge in [0.2, 0.25) is 0 Å². The molecule has 1 aromatic rings. The van der Waals surface area contributed by atoms with Gasteiger partial charge in [-0.15, -0.1) is 0 Å². The summed E-state index contributed by atoms with van der Waals surface area (Å²) < 4.78 is 0. The van der Waals surface area contributed by atoms with E-state index < -0.39 is 0 Å². The van der Waals surface area contributed by atoms with Crippen molar-refractivity contribution in [3.63, 3.8) is 0 Å². The van der Waals surface area contributed by atoms with E-state index in [1.165, 1.54) is 18.4 Å². The summed E-state index contributed by atoms with van der Waals surface area (Å²) in [6.07, 6.45) is 4.41. The van der Waals surface area contributed by atoms with Crippen LogP contribution in [-0.2, 0) is 0 Å². The maximum Gasteiger partial charge on any atom is 0.0372 e. The van der Waals surface area contributed by atoms with Crippen LogP contribution in [0.2, 0.25) is 0 Å². The molecule has 1 atom stereocenters. The molecule has 1 aromatic heterocycles. The zero-order chi connectivity index (χ0) is 11.3. The summed E-state index contributed by atoms with van der Waals surface area (Å²) in [6.45, 7) is 6.55. The molecule has 0 saturated heterocycles. The first-order chi connectivity index (χ1) is 7.13. The molecule has 15 heavy (non-hydrogen) atoms. The van der Waals surface area contributed by atoms with E-state index in [4.69, 9.17) is 0 Å². The van der Waals surface area contributed by atoms with Gasteiger partial charge in [0.15, 0.2) is 0 Å². The maximum absolute atomic E-state index is 4.34. The first-order valence-electron chi connectivity index (χ1n) is 5.73. The molecule has 0 radical (unpaired) electrons. The Morgan fingerprint density at radius 1 is 1.27 bits per heavy atom. The first-order valence-corrected chi connectivity index (χ1v) is 5.73. The van der Waals surface area contributed by atoms with Crippen LogP contribution in [0.25, 0.3) is 0 Å². The van der Waals surface area contributed by atoms with Crippen LogP contribution in [0.4, 0.5) is 0 Å². The normalized spacial score (nSPS) is 13.1.